The molecule has 0 saturated carbocycles. The first-order chi connectivity index (χ1) is 12.0. The minimum Gasteiger partial charge on any atom is -0.493 e. The second kappa shape index (κ2) is 9.63. The van der Waals surface area contributed by atoms with Gasteiger partial charge in [-0.2, -0.15) is 0 Å². The van der Waals surface area contributed by atoms with Crippen LogP contribution in [0.25, 0.3) is 0 Å². The number of benzene rings is 1. The number of hydrogen-bond donors (Lipinski definition) is 1. The highest BCUT2D eigenvalue weighted by molar-refractivity contribution is 5.77. The Morgan fingerprint density at radius 1 is 1.40 bits per heavy atom. The van der Waals surface area contributed by atoms with E-state index in [0.717, 1.165) is 25.2 Å². The zero-order chi connectivity index (χ0) is 18.2. The van der Waals surface area contributed by atoms with Crippen molar-refractivity contribution in [3.8, 4) is 11.5 Å². The molecule has 1 fully saturated rings. The van der Waals surface area contributed by atoms with Gasteiger partial charge in [0.25, 0.3) is 5.91 Å². The number of nitrogens with zero attached hydrogens (tertiary/aromatic N) is 1. The van der Waals surface area contributed by atoms with Crippen molar-refractivity contribution in [2.24, 2.45) is 5.92 Å². The molecule has 140 valence electrons. The van der Waals surface area contributed by atoms with Crippen molar-refractivity contribution in [2.45, 2.75) is 26.9 Å². The van der Waals surface area contributed by atoms with Gasteiger partial charge in [0, 0.05) is 26.2 Å². The van der Waals surface area contributed by atoms with Crippen molar-refractivity contribution < 1.29 is 19.0 Å². The van der Waals surface area contributed by atoms with Crippen molar-refractivity contribution in [3.05, 3.63) is 23.8 Å². The Balaban J connectivity index is 1.74. The van der Waals surface area contributed by atoms with Crippen LogP contribution in [0.15, 0.2) is 18.2 Å². The maximum Gasteiger partial charge on any atom is 0.258 e. The van der Waals surface area contributed by atoms with Gasteiger partial charge in [-0.25, -0.2) is 0 Å². The number of nitrogens with one attached hydrogen (secondary N) is 1. The maximum absolute atomic E-state index is 12.0. The molecule has 1 saturated heterocycles. The van der Waals surface area contributed by atoms with Crippen LogP contribution < -0.4 is 14.8 Å². The monoisotopic (exact) mass is 350 g/mol. The molecule has 1 aliphatic heterocycles. The predicted octanol–water partition coefficient (Wildman–Crippen LogP) is 1.86. The number of amides is 1. The van der Waals surface area contributed by atoms with Gasteiger partial charge < -0.3 is 19.5 Å². The van der Waals surface area contributed by atoms with Gasteiger partial charge in [0.05, 0.1) is 19.8 Å². The Bertz CT molecular complexity index is 562. The number of morpholine rings is 1. The summed E-state index contributed by atoms with van der Waals surface area (Å²) in [6, 6.07) is 5.62. The van der Waals surface area contributed by atoms with E-state index in [1.54, 1.807) is 7.11 Å². The van der Waals surface area contributed by atoms with E-state index in [1.165, 1.54) is 0 Å². The average Bonchev–Trinajstić information content (AvgIpc) is 2.58. The molecule has 1 heterocycles. The fraction of sp³-hybridized carbons (Fsp3) is 0.632. The van der Waals surface area contributed by atoms with E-state index in [2.05, 4.69) is 24.1 Å². The lowest BCUT2D eigenvalue weighted by molar-refractivity contribution is -0.124. The van der Waals surface area contributed by atoms with Crippen LogP contribution in [-0.4, -0.2) is 63.4 Å². The molecule has 0 radical (unpaired) electrons. The highest BCUT2D eigenvalue weighted by Crippen LogP contribution is 2.27. The van der Waals surface area contributed by atoms with Gasteiger partial charge in [0.15, 0.2) is 18.1 Å². The van der Waals surface area contributed by atoms with Crippen molar-refractivity contribution >= 4 is 5.91 Å². The van der Waals surface area contributed by atoms with Crippen molar-refractivity contribution in [1.82, 2.24) is 10.2 Å². The van der Waals surface area contributed by atoms with Crippen LogP contribution in [0, 0.1) is 12.8 Å². The zero-order valence-electron chi connectivity index (χ0n) is 15.7. The molecule has 1 aliphatic rings. The van der Waals surface area contributed by atoms with Gasteiger partial charge in [-0.05, 0) is 30.5 Å². The van der Waals surface area contributed by atoms with E-state index in [9.17, 15) is 4.79 Å². The number of carbonyl (C=O) groups excluding carboxylic acids is 1. The van der Waals surface area contributed by atoms with Gasteiger partial charge in [0.1, 0.15) is 0 Å². The first-order valence-electron chi connectivity index (χ1n) is 8.86. The summed E-state index contributed by atoms with van der Waals surface area (Å²) in [6.45, 7) is 10.4. The first kappa shape index (κ1) is 19.5. The zero-order valence-corrected chi connectivity index (χ0v) is 15.7. The van der Waals surface area contributed by atoms with Crippen molar-refractivity contribution in [1.29, 1.82) is 0 Å². The van der Waals surface area contributed by atoms with Crippen LogP contribution in [0.5, 0.6) is 11.5 Å². The second-order valence-corrected chi connectivity index (χ2v) is 6.89. The number of methoxy groups -OCH3 is 1. The second-order valence-electron chi connectivity index (χ2n) is 6.89. The van der Waals surface area contributed by atoms with E-state index >= 15 is 0 Å². The van der Waals surface area contributed by atoms with Gasteiger partial charge in [-0.3, -0.25) is 9.69 Å². The Hall–Kier alpha value is -1.79. The molecule has 1 amide bonds. The number of carbonyl (C=O) groups is 1. The molecular formula is C19H30N2O4. The largest absolute Gasteiger partial charge is 0.493 e. The van der Waals surface area contributed by atoms with E-state index in [4.69, 9.17) is 14.2 Å². The summed E-state index contributed by atoms with van der Waals surface area (Å²) in [7, 11) is 1.59. The molecule has 0 bridgehead atoms. The molecule has 1 N–H and O–H groups in total. The van der Waals surface area contributed by atoms with Gasteiger partial charge in [-0.1, -0.05) is 19.9 Å². The quantitative estimate of drug-likeness (QED) is 0.775. The van der Waals surface area contributed by atoms with E-state index in [1.807, 2.05) is 25.1 Å². The third-order valence-electron chi connectivity index (χ3n) is 4.05. The summed E-state index contributed by atoms with van der Waals surface area (Å²) < 4.78 is 16.6. The topological polar surface area (TPSA) is 60.0 Å². The molecule has 0 aromatic heterocycles. The average molecular weight is 350 g/mol. The first-order valence-corrected chi connectivity index (χ1v) is 8.86. The summed E-state index contributed by atoms with van der Waals surface area (Å²) >= 11 is 0. The number of rotatable bonds is 8. The third-order valence-corrected chi connectivity index (χ3v) is 4.05. The highest BCUT2D eigenvalue weighted by Gasteiger charge is 2.21. The molecule has 2 rings (SSSR count). The van der Waals surface area contributed by atoms with Crippen LogP contribution >= 0.6 is 0 Å². The number of aryl methyl sites for hydroxylation is 1. The lowest BCUT2D eigenvalue weighted by Crippen LogP contribution is -2.48. The van der Waals surface area contributed by atoms with Crippen molar-refractivity contribution in [2.75, 3.05) is 46.5 Å². The lowest BCUT2D eigenvalue weighted by Gasteiger charge is -2.33. The smallest absolute Gasteiger partial charge is 0.258 e. The fourth-order valence-corrected chi connectivity index (χ4v) is 2.90. The number of hydrogen-bond acceptors (Lipinski definition) is 5. The standard InChI is InChI=1S/C19H30N2O4/c1-14(2)11-21-7-8-24-16(12-21)10-20-19(22)13-25-17-6-5-15(3)9-18(17)23-4/h5-6,9,14,16H,7-8,10-13H2,1-4H3,(H,20,22). The molecule has 1 unspecified atom stereocenters. The molecular weight excluding hydrogens is 320 g/mol. The summed E-state index contributed by atoms with van der Waals surface area (Å²) in [5.41, 5.74) is 1.08. The Labute approximate surface area is 150 Å². The molecule has 1 aromatic rings. The van der Waals surface area contributed by atoms with Gasteiger partial charge in [0.2, 0.25) is 0 Å². The normalized spacial score (nSPS) is 18.2. The SMILES string of the molecule is COc1cc(C)ccc1OCC(=O)NCC1CN(CC(C)C)CCO1. The van der Waals surface area contributed by atoms with Crippen LogP contribution in [0.3, 0.4) is 0 Å². The van der Waals surface area contributed by atoms with Crippen LogP contribution in [0.1, 0.15) is 19.4 Å². The lowest BCUT2D eigenvalue weighted by atomic mass is 10.2. The Morgan fingerprint density at radius 3 is 2.92 bits per heavy atom. The molecule has 0 spiro atoms. The molecule has 6 heteroatoms. The minimum atomic E-state index is -0.160. The predicted molar refractivity (Wildman–Crippen MR) is 97.3 cm³/mol. The molecule has 1 aromatic carbocycles. The summed E-state index contributed by atoms with van der Waals surface area (Å²) in [5.74, 6) is 1.67. The van der Waals surface area contributed by atoms with E-state index in [0.29, 0.717) is 30.6 Å². The fourth-order valence-electron chi connectivity index (χ4n) is 2.90. The Morgan fingerprint density at radius 2 is 2.20 bits per heavy atom. The maximum atomic E-state index is 12.0. The minimum absolute atomic E-state index is 0.0327. The summed E-state index contributed by atoms with van der Waals surface area (Å²) in [4.78, 5) is 14.4. The molecule has 0 aliphatic carbocycles. The Kier molecular flexibility index (Phi) is 7.52. The number of ether oxygens (including phenoxy) is 3. The third kappa shape index (κ3) is 6.55. The van der Waals surface area contributed by atoms with Gasteiger partial charge in [-0.15, -0.1) is 0 Å². The summed E-state index contributed by atoms with van der Waals surface area (Å²) in [6.07, 6.45) is 0.0327. The van der Waals surface area contributed by atoms with Crippen LogP contribution in [-0.2, 0) is 9.53 Å². The summed E-state index contributed by atoms with van der Waals surface area (Å²) in [5, 5.41) is 2.89. The van der Waals surface area contributed by atoms with Crippen LogP contribution in [0.2, 0.25) is 0 Å². The van der Waals surface area contributed by atoms with Gasteiger partial charge >= 0.3 is 0 Å². The van der Waals surface area contributed by atoms with E-state index < -0.39 is 0 Å². The van der Waals surface area contributed by atoms with E-state index in [-0.39, 0.29) is 18.6 Å². The molecule has 6 nitrogen and oxygen atoms in total. The van der Waals surface area contributed by atoms with Crippen LogP contribution in [0.4, 0.5) is 0 Å². The molecule has 25 heavy (non-hydrogen) atoms. The highest BCUT2D eigenvalue weighted by atomic mass is 16.5. The van der Waals surface area contributed by atoms with Crippen molar-refractivity contribution in [3.63, 3.8) is 0 Å². The molecule has 1 atom stereocenters.